The van der Waals surface area contributed by atoms with Crippen LogP contribution in [0, 0.1) is 11.3 Å². The van der Waals surface area contributed by atoms with E-state index in [4.69, 9.17) is 14.9 Å². The van der Waals surface area contributed by atoms with Gasteiger partial charge in [-0.3, -0.25) is 10.2 Å². The number of hydrogen-bond donors (Lipinski definition) is 1. The van der Waals surface area contributed by atoms with Gasteiger partial charge in [-0.15, -0.1) is 0 Å². The molecule has 4 heteroatoms. The van der Waals surface area contributed by atoms with E-state index in [1.54, 1.807) is 12.2 Å². The molecule has 0 radical (unpaired) electrons. The maximum atomic E-state index is 11.8. The Morgan fingerprint density at radius 3 is 2.76 bits per heavy atom. The number of ether oxygens (including phenoxy) is 2. The van der Waals surface area contributed by atoms with Gasteiger partial charge in [0, 0.05) is 0 Å². The molecular weight excluding hydrogens is 218 g/mol. The van der Waals surface area contributed by atoms with Crippen LogP contribution < -0.4 is 0 Å². The van der Waals surface area contributed by atoms with E-state index in [0.717, 1.165) is 25.7 Å². The van der Waals surface area contributed by atoms with Crippen LogP contribution in [0.2, 0.25) is 0 Å². The first kappa shape index (κ1) is 11.9. The maximum absolute atomic E-state index is 11.8. The Labute approximate surface area is 101 Å². The zero-order valence-electron chi connectivity index (χ0n) is 9.78. The molecule has 2 rings (SSSR count). The van der Waals surface area contributed by atoms with Gasteiger partial charge in [-0.25, -0.2) is 0 Å². The third-order valence-electron chi connectivity index (χ3n) is 3.08. The largest absolute Gasteiger partial charge is 0.484 e. The number of rotatable bonds is 2. The molecule has 1 heterocycles. The lowest BCUT2D eigenvalue weighted by Crippen LogP contribution is -2.24. The Hall–Kier alpha value is -1.58. The summed E-state index contributed by atoms with van der Waals surface area (Å²) in [6.45, 7) is 0.426. The van der Waals surface area contributed by atoms with Gasteiger partial charge in [-0.05, 0) is 25.0 Å². The normalized spacial score (nSPS) is 20.4. The van der Waals surface area contributed by atoms with Crippen molar-refractivity contribution in [2.45, 2.75) is 32.1 Å². The molecule has 0 aromatic rings. The second kappa shape index (κ2) is 5.66. The minimum absolute atomic E-state index is 0.0381. The fourth-order valence-corrected chi connectivity index (χ4v) is 2.11. The Balaban J connectivity index is 1.87. The topological polar surface area (TPSA) is 59.4 Å². The quantitative estimate of drug-likeness (QED) is 0.454. The van der Waals surface area contributed by atoms with E-state index in [1.165, 1.54) is 6.42 Å². The zero-order valence-corrected chi connectivity index (χ0v) is 9.78. The summed E-state index contributed by atoms with van der Waals surface area (Å²) in [5.74, 6) is -0.167. The first-order valence-electron chi connectivity index (χ1n) is 6.07. The molecule has 2 aliphatic rings. The van der Waals surface area contributed by atoms with Crippen molar-refractivity contribution < 1.29 is 14.3 Å². The van der Waals surface area contributed by atoms with E-state index in [9.17, 15) is 4.79 Å². The van der Waals surface area contributed by atoms with Gasteiger partial charge in [-0.1, -0.05) is 25.3 Å². The molecule has 17 heavy (non-hydrogen) atoms. The van der Waals surface area contributed by atoms with E-state index in [0.29, 0.717) is 12.4 Å². The summed E-state index contributed by atoms with van der Waals surface area (Å²) < 4.78 is 10.2. The van der Waals surface area contributed by atoms with Crippen LogP contribution in [0.5, 0.6) is 0 Å². The Morgan fingerprint density at radius 2 is 2.12 bits per heavy atom. The summed E-state index contributed by atoms with van der Waals surface area (Å²) in [5.41, 5.74) is 0. The van der Waals surface area contributed by atoms with E-state index in [-0.39, 0.29) is 17.8 Å². The fraction of sp³-hybridized carbons (Fsp3) is 0.538. The van der Waals surface area contributed by atoms with Crippen LogP contribution in [-0.4, -0.2) is 18.5 Å². The van der Waals surface area contributed by atoms with Crippen LogP contribution >= 0.6 is 0 Å². The molecule has 1 aliphatic carbocycles. The van der Waals surface area contributed by atoms with Crippen molar-refractivity contribution in [1.82, 2.24) is 0 Å². The van der Waals surface area contributed by atoms with Gasteiger partial charge >= 0.3 is 5.97 Å². The van der Waals surface area contributed by atoms with Crippen molar-refractivity contribution >= 4 is 11.9 Å². The molecule has 0 spiro atoms. The van der Waals surface area contributed by atoms with Crippen molar-refractivity contribution in [2.75, 3.05) is 6.61 Å². The highest BCUT2D eigenvalue weighted by molar-refractivity contribution is 5.97. The molecule has 0 bridgehead atoms. The van der Waals surface area contributed by atoms with E-state index in [2.05, 4.69) is 0 Å². The highest BCUT2D eigenvalue weighted by atomic mass is 16.6. The Kier molecular flexibility index (Phi) is 3.96. The summed E-state index contributed by atoms with van der Waals surface area (Å²) in [6.07, 6.45) is 10.4. The Morgan fingerprint density at radius 1 is 1.35 bits per heavy atom. The molecule has 1 fully saturated rings. The average molecular weight is 235 g/mol. The SMILES string of the molecule is N=C(OC(=O)C1CCCCC1)C1=CC=CCO1. The highest BCUT2D eigenvalue weighted by Crippen LogP contribution is 2.25. The van der Waals surface area contributed by atoms with Crippen LogP contribution in [-0.2, 0) is 14.3 Å². The summed E-state index contributed by atoms with van der Waals surface area (Å²) in [5, 5.41) is 7.66. The number of esters is 1. The van der Waals surface area contributed by atoms with Gasteiger partial charge in [0.25, 0.3) is 5.90 Å². The van der Waals surface area contributed by atoms with Crippen LogP contribution in [0.3, 0.4) is 0 Å². The third kappa shape index (κ3) is 3.19. The first-order chi connectivity index (χ1) is 8.27. The molecule has 1 aliphatic heterocycles. The molecule has 1 N–H and O–H groups in total. The predicted molar refractivity (Wildman–Crippen MR) is 63.6 cm³/mol. The smallest absolute Gasteiger partial charge is 0.315 e. The fourth-order valence-electron chi connectivity index (χ4n) is 2.11. The average Bonchev–Trinajstić information content (AvgIpc) is 2.40. The van der Waals surface area contributed by atoms with Crippen LogP contribution in [0.1, 0.15) is 32.1 Å². The predicted octanol–water partition coefficient (Wildman–Crippen LogP) is 2.56. The second-order valence-corrected chi connectivity index (χ2v) is 4.36. The maximum Gasteiger partial charge on any atom is 0.315 e. The summed E-state index contributed by atoms with van der Waals surface area (Å²) in [6, 6.07) is 0. The van der Waals surface area contributed by atoms with Crippen LogP contribution in [0.25, 0.3) is 0 Å². The van der Waals surface area contributed by atoms with Gasteiger partial charge in [0.05, 0.1) is 5.92 Å². The lowest BCUT2D eigenvalue weighted by atomic mass is 9.89. The minimum atomic E-state index is -0.284. The number of allylic oxidation sites excluding steroid dienone is 2. The number of hydrogen-bond acceptors (Lipinski definition) is 4. The summed E-state index contributed by atoms with van der Waals surface area (Å²) in [4.78, 5) is 11.8. The molecule has 1 saturated carbocycles. The van der Waals surface area contributed by atoms with Crippen molar-refractivity contribution in [3.63, 3.8) is 0 Å². The molecule has 0 saturated heterocycles. The number of carbonyl (C=O) groups is 1. The van der Waals surface area contributed by atoms with Gasteiger partial charge in [-0.2, -0.15) is 0 Å². The number of carbonyl (C=O) groups excluding carboxylic acids is 1. The van der Waals surface area contributed by atoms with Crippen molar-refractivity contribution in [1.29, 1.82) is 5.41 Å². The third-order valence-corrected chi connectivity index (χ3v) is 3.08. The standard InChI is InChI=1S/C13H17NO3/c14-12(11-8-4-5-9-16-11)17-13(15)10-6-2-1-3-7-10/h4-5,8,10,14H,1-3,6-7,9H2. The monoisotopic (exact) mass is 235 g/mol. The molecule has 0 unspecified atom stereocenters. The van der Waals surface area contributed by atoms with Crippen molar-refractivity contribution in [3.05, 3.63) is 24.0 Å². The Bertz CT molecular complexity index is 365. The minimum Gasteiger partial charge on any atom is -0.484 e. The van der Waals surface area contributed by atoms with Crippen LogP contribution in [0.4, 0.5) is 0 Å². The lowest BCUT2D eigenvalue weighted by molar-refractivity contribution is -0.141. The first-order valence-corrected chi connectivity index (χ1v) is 6.07. The molecular formula is C13H17NO3. The van der Waals surface area contributed by atoms with Gasteiger partial charge in [0.2, 0.25) is 0 Å². The molecule has 92 valence electrons. The van der Waals surface area contributed by atoms with Crippen LogP contribution in [0.15, 0.2) is 24.0 Å². The van der Waals surface area contributed by atoms with E-state index < -0.39 is 0 Å². The van der Waals surface area contributed by atoms with Gasteiger partial charge in [0.15, 0.2) is 5.76 Å². The van der Waals surface area contributed by atoms with E-state index >= 15 is 0 Å². The van der Waals surface area contributed by atoms with Crippen molar-refractivity contribution in [3.8, 4) is 0 Å². The molecule has 0 aromatic carbocycles. The molecule has 0 amide bonds. The lowest BCUT2D eigenvalue weighted by Gasteiger charge is -2.20. The number of nitrogens with one attached hydrogen (secondary N) is 1. The van der Waals surface area contributed by atoms with E-state index in [1.807, 2.05) is 6.08 Å². The summed E-state index contributed by atoms with van der Waals surface area (Å²) >= 11 is 0. The molecule has 4 nitrogen and oxygen atoms in total. The second-order valence-electron chi connectivity index (χ2n) is 4.36. The highest BCUT2D eigenvalue weighted by Gasteiger charge is 2.25. The van der Waals surface area contributed by atoms with Gasteiger partial charge in [0.1, 0.15) is 6.61 Å². The molecule has 0 aromatic heterocycles. The van der Waals surface area contributed by atoms with Gasteiger partial charge < -0.3 is 9.47 Å². The van der Waals surface area contributed by atoms with Crippen molar-refractivity contribution in [2.24, 2.45) is 5.92 Å². The molecule has 0 atom stereocenters. The summed E-state index contributed by atoms with van der Waals surface area (Å²) in [7, 11) is 0. The zero-order chi connectivity index (χ0) is 12.1.